The van der Waals surface area contributed by atoms with Gasteiger partial charge in [-0.25, -0.2) is 4.39 Å². The van der Waals surface area contributed by atoms with Crippen molar-refractivity contribution in [3.8, 4) is 0 Å². The fraction of sp³-hybridized carbons (Fsp3) is 0.211. The third-order valence-corrected chi connectivity index (χ3v) is 5.00. The number of benzene rings is 2. The Balaban J connectivity index is 1.79. The SMILES string of the molecule is COCc1c(C(=O)NCCc2ccccc2)sc2cccc(F)c12. The minimum Gasteiger partial charge on any atom is -0.380 e. The summed E-state index contributed by atoms with van der Waals surface area (Å²) in [4.78, 5) is 13.1. The number of methoxy groups -OCH3 is 1. The molecule has 0 aliphatic heterocycles. The average molecular weight is 343 g/mol. The van der Waals surface area contributed by atoms with E-state index in [4.69, 9.17) is 4.74 Å². The fourth-order valence-electron chi connectivity index (χ4n) is 2.68. The monoisotopic (exact) mass is 343 g/mol. The predicted octanol–water partition coefficient (Wildman–Crippen LogP) is 4.16. The Kier molecular flexibility index (Phi) is 5.23. The van der Waals surface area contributed by atoms with Crippen LogP contribution in [0.5, 0.6) is 0 Å². The molecule has 1 N–H and O–H groups in total. The average Bonchev–Trinajstić information content (AvgIpc) is 2.96. The van der Waals surface area contributed by atoms with Crippen LogP contribution in [0.15, 0.2) is 48.5 Å². The molecular formula is C19H18FNO2S. The van der Waals surface area contributed by atoms with Gasteiger partial charge in [0.1, 0.15) is 5.82 Å². The van der Waals surface area contributed by atoms with Gasteiger partial charge in [0.2, 0.25) is 0 Å². The molecule has 0 spiro atoms. The molecule has 2 aromatic carbocycles. The van der Waals surface area contributed by atoms with E-state index in [1.165, 1.54) is 17.4 Å². The van der Waals surface area contributed by atoms with Crippen LogP contribution < -0.4 is 5.32 Å². The van der Waals surface area contributed by atoms with Gasteiger partial charge in [0.05, 0.1) is 11.5 Å². The van der Waals surface area contributed by atoms with Gasteiger partial charge < -0.3 is 10.1 Å². The zero-order valence-corrected chi connectivity index (χ0v) is 14.2. The second-order valence-corrected chi connectivity index (χ2v) is 6.50. The number of thiophene rings is 1. The molecule has 0 radical (unpaired) electrons. The van der Waals surface area contributed by atoms with Gasteiger partial charge in [0.25, 0.3) is 5.91 Å². The molecule has 0 bridgehead atoms. The molecule has 0 aliphatic carbocycles. The van der Waals surface area contributed by atoms with Crippen molar-refractivity contribution in [1.29, 1.82) is 0 Å². The van der Waals surface area contributed by atoms with Crippen LogP contribution in [0.25, 0.3) is 10.1 Å². The molecule has 124 valence electrons. The standard InChI is InChI=1S/C19H18FNO2S/c1-23-12-14-17-15(20)8-5-9-16(17)24-18(14)19(22)21-11-10-13-6-3-2-4-7-13/h2-9H,10-12H2,1H3,(H,21,22). The Morgan fingerprint density at radius 2 is 1.96 bits per heavy atom. The molecule has 0 saturated heterocycles. The minimum absolute atomic E-state index is 0.182. The normalized spacial score (nSPS) is 10.9. The van der Waals surface area contributed by atoms with Gasteiger partial charge in [0, 0.05) is 29.3 Å². The quantitative estimate of drug-likeness (QED) is 0.730. The highest BCUT2D eigenvalue weighted by molar-refractivity contribution is 7.21. The zero-order chi connectivity index (χ0) is 16.9. The Bertz CT molecular complexity index is 845. The molecule has 1 heterocycles. The lowest BCUT2D eigenvalue weighted by Crippen LogP contribution is -2.25. The van der Waals surface area contributed by atoms with Crippen molar-refractivity contribution in [3.05, 3.63) is 70.4 Å². The van der Waals surface area contributed by atoms with Crippen molar-refractivity contribution >= 4 is 27.3 Å². The number of amides is 1. The summed E-state index contributed by atoms with van der Waals surface area (Å²) in [6, 6.07) is 14.8. The van der Waals surface area contributed by atoms with Crippen LogP contribution >= 0.6 is 11.3 Å². The Hall–Kier alpha value is -2.24. The van der Waals surface area contributed by atoms with Gasteiger partial charge in [-0.05, 0) is 24.1 Å². The summed E-state index contributed by atoms with van der Waals surface area (Å²) in [6.07, 6.45) is 0.755. The van der Waals surface area contributed by atoms with Crippen LogP contribution in [-0.2, 0) is 17.8 Å². The van der Waals surface area contributed by atoms with E-state index >= 15 is 0 Å². The van der Waals surface area contributed by atoms with E-state index in [0.29, 0.717) is 22.4 Å². The van der Waals surface area contributed by atoms with Crippen LogP contribution in [0.2, 0.25) is 0 Å². The van der Waals surface area contributed by atoms with Gasteiger partial charge in [-0.1, -0.05) is 36.4 Å². The van der Waals surface area contributed by atoms with E-state index < -0.39 is 0 Å². The molecular weight excluding hydrogens is 325 g/mol. The predicted molar refractivity (Wildman–Crippen MR) is 95.0 cm³/mol. The number of carbonyl (C=O) groups is 1. The number of rotatable bonds is 6. The number of hydrogen-bond acceptors (Lipinski definition) is 3. The van der Waals surface area contributed by atoms with Crippen LogP contribution in [0.4, 0.5) is 4.39 Å². The van der Waals surface area contributed by atoms with Gasteiger partial charge in [0.15, 0.2) is 0 Å². The summed E-state index contributed by atoms with van der Waals surface area (Å²) in [5, 5.41) is 3.40. The second kappa shape index (κ2) is 7.55. The molecule has 24 heavy (non-hydrogen) atoms. The molecule has 0 fully saturated rings. The van der Waals surface area contributed by atoms with E-state index in [0.717, 1.165) is 16.7 Å². The molecule has 3 rings (SSSR count). The topological polar surface area (TPSA) is 38.3 Å². The minimum atomic E-state index is -0.320. The number of nitrogens with one attached hydrogen (secondary N) is 1. The summed E-state index contributed by atoms with van der Waals surface area (Å²) >= 11 is 1.30. The molecule has 0 saturated carbocycles. The number of ether oxygens (including phenoxy) is 1. The maximum absolute atomic E-state index is 14.1. The highest BCUT2D eigenvalue weighted by Crippen LogP contribution is 2.33. The van der Waals surface area contributed by atoms with Gasteiger partial charge >= 0.3 is 0 Å². The molecule has 3 nitrogen and oxygen atoms in total. The first-order valence-electron chi connectivity index (χ1n) is 7.71. The number of halogens is 1. The third-order valence-electron chi connectivity index (χ3n) is 3.80. The lowest BCUT2D eigenvalue weighted by atomic mass is 10.1. The lowest BCUT2D eigenvalue weighted by molar-refractivity contribution is 0.0954. The fourth-order valence-corrected chi connectivity index (χ4v) is 3.82. The van der Waals surface area contributed by atoms with E-state index in [9.17, 15) is 9.18 Å². The van der Waals surface area contributed by atoms with Crippen LogP contribution in [0.1, 0.15) is 20.8 Å². The number of hydrogen-bond donors (Lipinski definition) is 1. The molecule has 1 amide bonds. The molecule has 1 aromatic heterocycles. The largest absolute Gasteiger partial charge is 0.380 e. The summed E-state index contributed by atoms with van der Waals surface area (Å²) in [6.45, 7) is 0.744. The lowest BCUT2D eigenvalue weighted by Gasteiger charge is -2.06. The summed E-state index contributed by atoms with van der Waals surface area (Å²) in [7, 11) is 1.54. The molecule has 0 unspecified atom stereocenters. The van der Waals surface area contributed by atoms with Crippen molar-refractivity contribution in [2.45, 2.75) is 13.0 Å². The smallest absolute Gasteiger partial charge is 0.261 e. The maximum Gasteiger partial charge on any atom is 0.261 e. The molecule has 0 aliphatic rings. The van der Waals surface area contributed by atoms with E-state index in [1.807, 2.05) is 36.4 Å². The Morgan fingerprint density at radius 3 is 2.71 bits per heavy atom. The first-order valence-corrected chi connectivity index (χ1v) is 8.53. The zero-order valence-electron chi connectivity index (χ0n) is 13.3. The highest BCUT2D eigenvalue weighted by Gasteiger charge is 2.20. The molecule has 0 atom stereocenters. The summed E-state index contributed by atoms with van der Waals surface area (Å²) in [5.74, 6) is -0.502. The van der Waals surface area contributed by atoms with Crippen LogP contribution in [0, 0.1) is 5.82 Å². The molecule has 3 aromatic rings. The van der Waals surface area contributed by atoms with Crippen molar-refractivity contribution in [3.63, 3.8) is 0 Å². The Morgan fingerprint density at radius 1 is 1.17 bits per heavy atom. The summed E-state index contributed by atoms with van der Waals surface area (Å²) in [5.41, 5.74) is 1.78. The number of carbonyl (C=O) groups excluding carboxylic acids is 1. The van der Waals surface area contributed by atoms with Crippen LogP contribution in [0.3, 0.4) is 0 Å². The highest BCUT2D eigenvalue weighted by atomic mass is 32.1. The first kappa shape index (κ1) is 16.6. The maximum atomic E-state index is 14.1. The van der Waals surface area contributed by atoms with Crippen molar-refractivity contribution in [2.75, 3.05) is 13.7 Å². The first-order chi connectivity index (χ1) is 11.7. The van der Waals surface area contributed by atoms with Gasteiger partial charge in [-0.15, -0.1) is 11.3 Å². The van der Waals surface area contributed by atoms with E-state index in [1.54, 1.807) is 13.2 Å². The second-order valence-electron chi connectivity index (χ2n) is 5.45. The Labute approximate surface area is 144 Å². The van der Waals surface area contributed by atoms with Crippen molar-refractivity contribution < 1.29 is 13.9 Å². The molecule has 5 heteroatoms. The van der Waals surface area contributed by atoms with Crippen molar-refractivity contribution in [2.24, 2.45) is 0 Å². The van der Waals surface area contributed by atoms with Gasteiger partial charge in [-0.3, -0.25) is 4.79 Å². The third kappa shape index (κ3) is 3.47. The van der Waals surface area contributed by atoms with Crippen molar-refractivity contribution in [1.82, 2.24) is 5.32 Å². The van der Waals surface area contributed by atoms with E-state index in [-0.39, 0.29) is 18.3 Å². The summed E-state index contributed by atoms with van der Waals surface area (Å²) < 4.78 is 20.1. The van der Waals surface area contributed by atoms with Gasteiger partial charge in [-0.2, -0.15) is 0 Å². The van der Waals surface area contributed by atoms with Crippen LogP contribution in [-0.4, -0.2) is 19.6 Å². The van der Waals surface area contributed by atoms with E-state index in [2.05, 4.69) is 5.32 Å². The number of fused-ring (bicyclic) bond motifs is 1.